The van der Waals surface area contributed by atoms with Gasteiger partial charge in [-0.25, -0.2) is 9.97 Å². The van der Waals surface area contributed by atoms with E-state index < -0.39 is 0 Å². The highest BCUT2D eigenvalue weighted by molar-refractivity contribution is 5.69. The van der Waals surface area contributed by atoms with E-state index in [1.165, 1.54) is 16.7 Å². The van der Waals surface area contributed by atoms with Crippen molar-refractivity contribution in [3.05, 3.63) is 66.5 Å². The summed E-state index contributed by atoms with van der Waals surface area (Å²) in [6, 6.07) is 17.0. The van der Waals surface area contributed by atoms with E-state index in [2.05, 4.69) is 53.3 Å². The van der Waals surface area contributed by atoms with Gasteiger partial charge in [0.1, 0.15) is 12.7 Å². The molecule has 0 saturated heterocycles. The molecule has 3 aromatic rings. The largest absolute Gasteiger partial charge is 0.486 e. The van der Waals surface area contributed by atoms with E-state index >= 15 is 0 Å². The lowest BCUT2D eigenvalue weighted by atomic mass is 10.0. The maximum Gasteiger partial charge on any atom is 0.306 e. The highest BCUT2D eigenvalue weighted by Gasteiger charge is 2.10. The van der Waals surface area contributed by atoms with Gasteiger partial charge in [0, 0.05) is 12.0 Å². The third-order valence-corrected chi connectivity index (χ3v) is 5.15. The van der Waals surface area contributed by atoms with Crippen LogP contribution >= 0.6 is 0 Å². The molecular weight excluding hydrogens is 400 g/mol. The first-order valence-electron chi connectivity index (χ1n) is 11.4. The summed E-state index contributed by atoms with van der Waals surface area (Å²) in [6.45, 7) is 6.33. The lowest BCUT2D eigenvalue weighted by molar-refractivity contribution is -0.149. The van der Waals surface area contributed by atoms with Crippen LogP contribution in [0.25, 0.3) is 22.5 Å². The summed E-state index contributed by atoms with van der Waals surface area (Å²) < 4.78 is 11.0. The van der Waals surface area contributed by atoms with Gasteiger partial charge in [0.15, 0.2) is 11.6 Å². The Morgan fingerprint density at radius 3 is 2.06 bits per heavy atom. The molecule has 0 aliphatic rings. The van der Waals surface area contributed by atoms with Gasteiger partial charge < -0.3 is 9.47 Å². The van der Waals surface area contributed by atoms with Gasteiger partial charge >= 0.3 is 5.97 Å². The maximum absolute atomic E-state index is 11.7. The predicted octanol–water partition coefficient (Wildman–Crippen LogP) is 6.26. The number of esters is 1. The molecule has 32 heavy (non-hydrogen) atoms. The average Bonchev–Trinajstić information content (AvgIpc) is 2.83. The van der Waals surface area contributed by atoms with Gasteiger partial charge in [-0.2, -0.15) is 0 Å². The van der Waals surface area contributed by atoms with Crippen LogP contribution in [0.15, 0.2) is 60.9 Å². The molecule has 0 spiro atoms. The SMILES string of the molecule is CCCCC(=O)O[C@@H](C)COc1cnc(-c2ccc(-c3ccc(CCC)cc3)cc2)nc1. The van der Waals surface area contributed by atoms with Gasteiger partial charge in [-0.1, -0.05) is 75.2 Å². The molecule has 0 N–H and O–H groups in total. The summed E-state index contributed by atoms with van der Waals surface area (Å²) in [4.78, 5) is 20.5. The second kappa shape index (κ2) is 12.0. The molecule has 5 heteroatoms. The first kappa shape index (κ1) is 23.5. The van der Waals surface area contributed by atoms with Crippen LogP contribution in [0, 0.1) is 0 Å². The number of aryl methyl sites for hydroxylation is 1. The average molecular weight is 433 g/mol. The Bertz CT molecular complexity index is 967. The molecule has 2 aromatic carbocycles. The molecule has 3 rings (SSSR count). The number of carbonyl (C=O) groups excluding carboxylic acids is 1. The summed E-state index contributed by atoms with van der Waals surface area (Å²) in [6.07, 6.45) is 7.50. The van der Waals surface area contributed by atoms with Gasteiger partial charge in [0.2, 0.25) is 0 Å². The van der Waals surface area contributed by atoms with Crippen molar-refractivity contribution >= 4 is 5.97 Å². The number of carbonyl (C=O) groups is 1. The number of hydrogen-bond donors (Lipinski definition) is 0. The van der Waals surface area contributed by atoms with Gasteiger partial charge in [0.25, 0.3) is 0 Å². The van der Waals surface area contributed by atoms with Crippen LogP contribution in [0.1, 0.15) is 52.0 Å². The summed E-state index contributed by atoms with van der Waals surface area (Å²) in [5.74, 6) is 1.00. The molecule has 0 saturated carbocycles. The number of hydrogen-bond acceptors (Lipinski definition) is 5. The maximum atomic E-state index is 11.7. The Balaban J connectivity index is 1.54. The fourth-order valence-corrected chi connectivity index (χ4v) is 3.36. The van der Waals surface area contributed by atoms with Gasteiger partial charge in [-0.15, -0.1) is 0 Å². The highest BCUT2D eigenvalue weighted by Crippen LogP contribution is 2.24. The number of aromatic nitrogens is 2. The van der Waals surface area contributed by atoms with Crippen LogP contribution < -0.4 is 4.74 Å². The molecule has 0 aliphatic carbocycles. The Morgan fingerprint density at radius 2 is 1.47 bits per heavy atom. The van der Waals surface area contributed by atoms with Crippen LogP contribution in [0.5, 0.6) is 5.75 Å². The molecular formula is C27H32N2O3. The minimum atomic E-state index is -0.317. The Hall–Kier alpha value is -3.21. The van der Waals surface area contributed by atoms with Crippen LogP contribution in [0.3, 0.4) is 0 Å². The highest BCUT2D eigenvalue weighted by atomic mass is 16.6. The third-order valence-electron chi connectivity index (χ3n) is 5.15. The summed E-state index contributed by atoms with van der Waals surface area (Å²) in [5.41, 5.74) is 4.68. The minimum absolute atomic E-state index is 0.185. The van der Waals surface area contributed by atoms with E-state index in [9.17, 15) is 4.79 Å². The lowest BCUT2D eigenvalue weighted by Crippen LogP contribution is -2.22. The van der Waals surface area contributed by atoms with E-state index in [-0.39, 0.29) is 18.7 Å². The minimum Gasteiger partial charge on any atom is -0.486 e. The van der Waals surface area contributed by atoms with Crippen LogP contribution in [-0.2, 0) is 16.0 Å². The van der Waals surface area contributed by atoms with Crippen molar-refractivity contribution in [3.63, 3.8) is 0 Å². The van der Waals surface area contributed by atoms with Crippen molar-refractivity contribution in [2.45, 2.75) is 59.0 Å². The molecule has 0 amide bonds. The Labute approximate surface area is 190 Å². The quantitative estimate of drug-likeness (QED) is 0.335. The van der Waals surface area contributed by atoms with Gasteiger partial charge in [-0.3, -0.25) is 4.79 Å². The zero-order valence-electron chi connectivity index (χ0n) is 19.2. The lowest BCUT2D eigenvalue weighted by Gasteiger charge is -2.14. The molecule has 168 valence electrons. The summed E-state index contributed by atoms with van der Waals surface area (Å²) in [7, 11) is 0. The Kier molecular flexibility index (Phi) is 8.79. The molecule has 1 heterocycles. The van der Waals surface area contributed by atoms with E-state index in [0.717, 1.165) is 31.2 Å². The summed E-state index contributed by atoms with van der Waals surface area (Å²) >= 11 is 0. The Morgan fingerprint density at radius 1 is 0.875 bits per heavy atom. The predicted molar refractivity (Wildman–Crippen MR) is 127 cm³/mol. The molecule has 0 radical (unpaired) electrons. The molecule has 0 unspecified atom stereocenters. The molecule has 0 aliphatic heterocycles. The second-order valence-electron chi connectivity index (χ2n) is 7.98. The van der Waals surface area contributed by atoms with Crippen molar-refractivity contribution in [1.29, 1.82) is 0 Å². The molecule has 0 bridgehead atoms. The number of ether oxygens (including phenoxy) is 2. The van der Waals surface area contributed by atoms with Crippen molar-refractivity contribution < 1.29 is 14.3 Å². The molecule has 1 atom stereocenters. The smallest absolute Gasteiger partial charge is 0.306 e. The van der Waals surface area contributed by atoms with Crippen molar-refractivity contribution in [2.75, 3.05) is 6.61 Å². The molecule has 1 aromatic heterocycles. The van der Waals surface area contributed by atoms with Crippen molar-refractivity contribution in [1.82, 2.24) is 9.97 Å². The van der Waals surface area contributed by atoms with E-state index in [4.69, 9.17) is 9.47 Å². The zero-order chi connectivity index (χ0) is 22.8. The fraction of sp³-hybridized carbons (Fsp3) is 0.370. The number of unbranched alkanes of at least 4 members (excludes halogenated alkanes) is 1. The summed E-state index contributed by atoms with van der Waals surface area (Å²) in [5, 5.41) is 0. The fourth-order valence-electron chi connectivity index (χ4n) is 3.36. The number of benzene rings is 2. The second-order valence-corrected chi connectivity index (χ2v) is 7.98. The number of nitrogens with zero attached hydrogens (tertiary/aromatic N) is 2. The van der Waals surface area contributed by atoms with Crippen LogP contribution in [0.4, 0.5) is 0 Å². The first-order valence-corrected chi connectivity index (χ1v) is 11.4. The van der Waals surface area contributed by atoms with Crippen molar-refractivity contribution in [3.8, 4) is 28.3 Å². The first-order chi connectivity index (χ1) is 15.6. The van der Waals surface area contributed by atoms with E-state index in [1.54, 1.807) is 12.4 Å². The van der Waals surface area contributed by atoms with E-state index in [1.807, 2.05) is 26.0 Å². The van der Waals surface area contributed by atoms with Crippen molar-refractivity contribution in [2.24, 2.45) is 0 Å². The van der Waals surface area contributed by atoms with Gasteiger partial charge in [-0.05, 0) is 36.5 Å². The molecule has 0 fully saturated rings. The standard InChI is InChI=1S/C27H32N2O3/c1-4-6-8-26(30)32-20(3)19-31-25-17-28-27(29-18-25)24-15-13-23(14-16-24)22-11-9-21(7-5-2)10-12-22/h9-18,20H,4-8,19H2,1-3H3/t20-/m0/s1. The third kappa shape index (κ3) is 6.91. The zero-order valence-corrected chi connectivity index (χ0v) is 19.2. The monoisotopic (exact) mass is 432 g/mol. The van der Waals surface area contributed by atoms with Gasteiger partial charge in [0.05, 0.1) is 12.4 Å². The number of rotatable bonds is 11. The van der Waals surface area contributed by atoms with Crippen LogP contribution in [-0.4, -0.2) is 28.6 Å². The molecule has 5 nitrogen and oxygen atoms in total. The topological polar surface area (TPSA) is 61.3 Å². The van der Waals surface area contributed by atoms with E-state index in [0.29, 0.717) is 18.0 Å². The van der Waals surface area contributed by atoms with Crippen LogP contribution in [0.2, 0.25) is 0 Å². The normalized spacial score (nSPS) is 11.7.